The van der Waals surface area contributed by atoms with Gasteiger partial charge in [-0.3, -0.25) is 9.59 Å². The van der Waals surface area contributed by atoms with Gasteiger partial charge in [0.1, 0.15) is 23.5 Å². The Morgan fingerprint density at radius 3 is 2.00 bits per heavy atom. The first-order valence-corrected chi connectivity index (χ1v) is 13.0. The molecule has 3 rings (SSSR count). The number of aliphatic hydroxyl groups excluding tert-OH is 1. The van der Waals surface area contributed by atoms with Crippen LogP contribution in [0.15, 0.2) is 60.7 Å². The number of rotatable bonds is 12. The van der Waals surface area contributed by atoms with Gasteiger partial charge in [0, 0.05) is 37.8 Å². The van der Waals surface area contributed by atoms with E-state index < -0.39 is 58.9 Å². The lowest BCUT2D eigenvalue weighted by Gasteiger charge is -2.28. The summed E-state index contributed by atoms with van der Waals surface area (Å²) < 4.78 is 84.1. The maximum absolute atomic E-state index is 14.4. The summed E-state index contributed by atoms with van der Waals surface area (Å²) in [7, 11) is 1.00. The van der Waals surface area contributed by atoms with Crippen molar-refractivity contribution in [1.82, 2.24) is 5.32 Å². The molecule has 0 radical (unpaired) electrons. The highest BCUT2D eigenvalue weighted by Crippen LogP contribution is 2.39. The zero-order valence-electron chi connectivity index (χ0n) is 23.2. The van der Waals surface area contributed by atoms with Crippen molar-refractivity contribution < 1.29 is 50.6 Å². The lowest BCUT2D eigenvalue weighted by molar-refractivity contribution is -0.274. The van der Waals surface area contributed by atoms with Gasteiger partial charge in [0.25, 0.3) is 5.91 Å². The first-order valence-electron chi connectivity index (χ1n) is 13.0. The van der Waals surface area contributed by atoms with Gasteiger partial charge in [-0.2, -0.15) is 0 Å². The summed E-state index contributed by atoms with van der Waals surface area (Å²) in [5.74, 6) is -7.57. The molecule has 7 nitrogen and oxygen atoms in total. The van der Waals surface area contributed by atoms with E-state index in [-0.39, 0.29) is 24.1 Å². The van der Waals surface area contributed by atoms with Gasteiger partial charge in [-0.05, 0) is 47.7 Å². The van der Waals surface area contributed by atoms with Crippen molar-refractivity contribution in [2.45, 2.75) is 44.4 Å². The average molecular weight is 613 g/mol. The van der Waals surface area contributed by atoms with Crippen molar-refractivity contribution in [2.24, 2.45) is 0 Å². The van der Waals surface area contributed by atoms with E-state index in [1.807, 2.05) is 6.92 Å². The fourth-order valence-corrected chi connectivity index (χ4v) is 4.37. The lowest BCUT2D eigenvalue weighted by atomic mass is 9.78. The number of hydrogen-bond donors (Lipinski definition) is 3. The van der Waals surface area contributed by atoms with Crippen LogP contribution >= 0.6 is 0 Å². The van der Waals surface area contributed by atoms with Gasteiger partial charge in [0.2, 0.25) is 5.91 Å². The molecule has 232 valence electrons. The summed E-state index contributed by atoms with van der Waals surface area (Å²) in [5.41, 5.74) is 0.178. The van der Waals surface area contributed by atoms with Gasteiger partial charge >= 0.3 is 6.36 Å². The Kier molecular flexibility index (Phi) is 13.2. The van der Waals surface area contributed by atoms with Crippen molar-refractivity contribution in [2.75, 3.05) is 19.0 Å². The molecular formula is C30H30F6N2O5. The number of halogens is 6. The fourth-order valence-electron chi connectivity index (χ4n) is 4.37. The van der Waals surface area contributed by atoms with E-state index in [0.29, 0.717) is 36.8 Å². The molecule has 0 aliphatic heterocycles. The number of alkyl halides is 3. The van der Waals surface area contributed by atoms with Gasteiger partial charge < -0.3 is 25.3 Å². The predicted octanol–water partition coefficient (Wildman–Crippen LogP) is 6.24. The van der Waals surface area contributed by atoms with Crippen molar-refractivity contribution in [1.29, 1.82) is 0 Å². The maximum Gasteiger partial charge on any atom is 0.573 e. The summed E-state index contributed by atoms with van der Waals surface area (Å²) in [6.45, 7) is 1.98. The normalized spacial score (nSPS) is 12.3. The Labute approximate surface area is 243 Å². The second-order valence-corrected chi connectivity index (χ2v) is 9.06. The van der Waals surface area contributed by atoms with Gasteiger partial charge in [-0.25, -0.2) is 13.2 Å². The Morgan fingerprint density at radius 2 is 1.49 bits per heavy atom. The van der Waals surface area contributed by atoms with Crippen LogP contribution in [0.5, 0.6) is 5.75 Å². The number of carbonyl (C=O) groups excluding carboxylic acids is 3. The third-order valence-corrected chi connectivity index (χ3v) is 6.16. The molecule has 2 atom stereocenters. The number of benzene rings is 3. The molecule has 13 heteroatoms. The Morgan fingerprint density at radius 1 is 0.930 bits per heavy atom. The van der Waals surface area contributed by atoms with Crippen LogP contribution in [0.1, 0.15) is 59.5 Å². The molecule has 3 N–H and O–H groups in total. The number of carbonyl (C=O) groups is 3. The molecule has 0 spiro atoms. The van der Waals surface area contributed by atoms with E-state index in [1.165, 1.54) is 24.3 Å². The smallest absolute Gasteiger partial charge is 0.406 e. The highest BCUT2D eigenvalue weighted by Gasteiger charge is 2.34. The Bertz CT molecular complexity index is 1340. The van der Waals surface area contributed by atoms with E-state index in [2.05, 4.69) is 15.4 Å². The molecule has 0 bridgehead atoms. The van der Waals surface area contributed by atoms with E-state index >= 15 is 0 Å². The minimum Gasteiger partial charge on any atom is -0.406 e. The first-order chi connectivity index (χ1) is 20.4. The highest BCUT2D eigenvalue weighted by atomic mass is 19.4. The third kappa shape index (κ3) is 10.1. The Hall–Kier alpha value is -4.39. The predicted molar refractivity (Wildman–Crippen MR) is 146 cm³/mol. The van der Waals surface area contributed by atoms with E-state index in [9.17, 15) is 40.7 Å². The number of ether oxygens (including phenoxy) is 1. The molecule has 0 aliphatic carbocycles. The molecule has 0 aromatic heterocycles. The van der Waals surface area contributed by atoms with Crippen molar-refractivity contribution >= 4 is 23.8 Å². The second kappa shape index (κ2) is 16.3. The lowest BCUT2D eigenvalue weighted by Crippen LogP contribution is -2.28. The van der Waals surface area contributed by atoms with Gasteiger partial charge in [-0.1, -0.05) is 37.6 Å². The van der Waals surface area contributed by atoms with E-state index in [4.69, 9.17) is 5.11 Å². The number of hydrogen-bond acceptors (Lipinski definition) is 5. The van der Waals surface area contributed by atoms with Crippen molar-refractivity contribution in [3.05, 3.63) is 94.8 Å². The minimum absolute atomic E-state index is 0.140. The van der Waals surface area contributed by atoms with Crippen LogP contribution in [0.3, 0.4) is 0 Å². The summed E-state index contributed by atoms with van der Waals surface area (Å²) in [6, 6.07) is 11.5. The number of amides is 2. The molecular weight excluding hydrogens is 582 g/mol. The number of aldehydes is 1. The first kappa shape index (κ1) is 34.8. The van der Waals surface area contributed by atoms with Crippen LogP contribution in [0.25, 0.3) is 0 Å². The molecule has 3 aromatic rings. The van der Waals surface area contributed by atoms with Crippen LogP contribution in [0.4, 0.5) is 32.0 Å². The number of nitrogens with one attached hydrogen (secondary N) is 2. The molecule has 0 saturated heterocycles. The summed E-state index contributed by atoms with van der Waals surface area (Å²) in [5, 5.41) is 11.7. The molecule has 2 amide bonds. The molecule has 0 heterocycles. The van der Waals surface area contributed by atoms with Gasteiger partial charge in [-0.15, -0.1) is 13.2 Å². The molecule has 0 saturated carbocycles. The standard InChI is InChI=1S/C29H26F6N2O4.CH4O/c1-2-4-22(17-5-7-19(8-6-17)27(39)36-13-3-14-38)25(18-9-11-21(12-10-18)41-29(33,34)35)28(40)37-26-23(31)15-20(30)16-24(26)32;1-2/h5-12,14-16,22,25H,2-4,13H2,1H3,(H,36,39)(H,37,40);2H,1H3. The van der Waals surface area contributed by atoms with Crippen LogP contribution in [0.2, 0.25) is 0 Å². The summed E-state index contributed by atoms with van der Waals surface area (Å²) in [6.07, 6.45) is -3.24. The molecule has 0 aliphatic rings. The highest BCUT2D eigenvalue weighted by molar-refractivity contribution is 5.97. The van der Waals surface area contributed by atoms with Gasteiger partial charge in [0.05, 0.1) is 5.92 Å². The molecule has 0 fully saturated rings. The van der Waals surface area contributed by atoms with Crippen LogP contribution < -0.4 is 15.4 Å². The molecule has 43 heavy (non-hydrogen) atoms. The van der Waals surface area contributed by atoms with Crippen LogP contribution in [-0.2, 0) is 9.59 Å². The SMILES string of the molecule is CCCC(c1ccc(C(=O)NCCC=O)cc1)C(C(=O)Nc1c(F)cc(F)cc1F)c1ccc(OC(F)(F)F)cc1.CO. The zero-order chi connectivity index (χ0) is 32.2. The minimum atomic E-state index is -4.94. The topological polar surface area (TPSA) is 105 Å². The second-order valence-electron chi connectivity index (χ2n) is 9.06. The molecule has 3 aromatic carbocycles. The monoisotopic (exact) mass is 612 g/mol. The van der Waals surface area contributed by atoms with Crippen molar-refractivity contribution in [3.63, 3.8) is 0 Å². The van der Waals surface area contributed by atoms with Crippen LogP contribution in [-0.4, -0.2) is 43.2 Å². The quantitative estimate of drug-likeness (QED) is 0.128. The molecule has 2 unspecified atom stereocenters. The fraction of sp³-hybridized carbons (Fsp3) is 0.300. The average Bonchev–Trinajstić information content (AvgIpc) is 2.96. The maximum atomic E-state index is 14.4. The van der Waals surface area contributed by atoms with Crippen molar-refractivity contribution in [3.8, 4) is 5.75 Å². The van der Waals surface area contributed by atoms with E-state index in [0.717, 1.165) is 19.2 Å². The van der Waals surface area contributed by atoms with E-state index in [1.54, 1.807) is 12.1 Å². The summed E-state index contributed by atoms with van der Waals surface area (Å²) in [4.78, 5) is 36.4. The number of aliphatic hydroxyl groups is 1. The largest absolute Gasteiger partial charge is 0.573 e. The van der Waals surface area contributed by atoms with Gasteiger partial charge in [0.15, 0.2) is 11.6 Å². The zero-order valence-corrected chi connectivity index (χ0v) is 23.2. The Balaban J connectivity index is 0.00000316. The third-order valence-electron chi connectivity index (χ3n) is 6.16. The number of anilines is 1. The summed E-state index contributed by atoms with van der Waals surface area (Å²) >= 11 is 0. The van der Waals surface area contributed by atoms with Crippen LogP contribution in [0, 0.1) is 17.5 Å².